The first-order chi connectivity index (χ1) is 12.6. The number of amides is 2. The highest BCUT2D eigenvalue weighted by Crippen LogP contribution is 2.32. The Morgan fingerprint density at radius 3 is 2.73 bits per heavy atom. The number of fused-ring (bicyclic) bond motifs is 1. The molecule has 3 aromatic rings. The Bertz CT molecular complexity index is 982. The van der Waals surface area contributed by atoms with Crippen LogP contribution in [0, 0.1) is 0 Å². The molecule has 26 heavy (non-hydrogen) atoms. The SMILES string of the molecule is O=C(Nc1ccc2c(c1)CCN2C(=O)c1ccco1)c1cccc(Cl)c1. The average Bonchev–Trinajstić information content (AvgIpc) is 3.31. The minimum absolute atomic E-state index is 0.163. The van der Waals surface area contributed by atoms with Crippen molar-refractivity contribution in [3.8, 4) is 0 Å². The van der Waals surface area contributed by atoms with Gasteiger partial charge in [0.1, 0.15) is 0 Å². The van der Waals surface area contributed by atoms with Crippen LogP contribution in [0.2, 0.25) is 5.02 Å². The van der Waals surface area contributed by atoms with Crippen LogP contribution in [0.25, 0.3) is 0 Å². The number of carbonyl (C=O) groups excluding carboxylic acids is 2. The van der Waals surface area contributed by atoms with Crippen LogP contribution in [0.15, 0.2) is 65.3 Å². The number of hydrogen-bond acceptors (Lipinski definition) is 3. The van der Waals surface area contributed by atoms with Crippen molar-refractivity contribution in [2.45, 2.75) is 6.42 Å². The van der Waals surface area contributed by atoms with E-state index in [1.54, 1.807) is 47.4 Å². The summed E-state index contributed by atoms with van der Waals surface area (Å²) in [5, 5.41) is 3.38. The van der Waals surface area contributed by atoms with Crippen LogP contribution in [0.1, 0.15) is 26.5 Å². The summed E-state index contributed by atoms with van der Waals surface area (Å²) in [5.41, 5.74) is 3.02. The first kappa shape index (κ1) is 16.4. The Morgan fingerprint density at radius 1 is 1.08 bits per heavy atom. The fourth-order valence-corrected chi connectivity index (χ4v) is 3.25. The molecule has 0 fully saturated rings. The molecule has 0 spiro atoms. The van der Waals surface area contributed by atoms with Crippen LogP contribution in [0.4, 0.5) is 11.4 Å². The summed E-state index contributed by atoms with van der Waals surface area (Å²) in [5.74, 6) is -0.0744. The van der Waals surface area contributed by atoms with Gasteiger partial charge >= 0.3 is 0 Å². The number of benzene rings is 2. The van der Waals surface area contributed by atoms with Crippen molar-refractivity contribution in [1.29, 1.82) is 0 Å². The zero-order valence-corrected chi connectivity index (χ0v) is 14.5. The van der Waals surface area contributed by atoms with Gasteiger partial charge in [0, 0.05) is 28.5 Å². The maximum Gasteiger partial charge on any atom is 0.293 e. The molecule has 0 atom stereocenters. The zero-order chi connectivity index (χ0) is 18.1. The summed E-state index contributed by atoms with van der Waals surface area (Å²) in [6.07, 6.45) is 2.21. The van der Waals surface area contributed by atoms with Crippen LogP contribution < -0.4 is 10.2 Å². The van der Waals surface area contributed by atoms with Gasteiger partial charge in [-0.3, -0.25) is 9.59 Å². The van der Waals surface area contributed by atoms with Crippen LogP contribution >= 0.6 is 11.6 Å². The van der Waals surface area contributed by atoms with E-state index in [0.717, 1.165) is 17.7 Å². The van der Waals surface area contributed by atoms with E-state index in [0.29, 0.717) is 28.6 Å². The van der Waals surface area contributed by atoms with Crippen molar-refractivity contribution >= 4 is 34.8 Å². The van der Waals surface area contributed by atoms with Crippen molar-refractivity contribution in [1.82, 2.24) is 0 Å². The number of nitrogens with zero attached hydrogens (tertiary/aromatic N) is 1. The van der Waals surface area contributed by atoms with Gasteiger partial charge in [-0.2, -0.15) is 0 Å². The molecule has 0 unspecified atom stereocenters. The standard InChI is InChI=1S/C20H15ClN2O3/c21-15-4-1-3-14(11-15)19(24)22-16-6-7-17-13(12-16)8-9-23(17)20(25)18-5-2-10-26-18/h1-7,10-12H,8-9H2,(H,22,24). The first-order valence-corrected chi connectivity index (χ1v) is 8.55. The molecule has 2 amide bonds. The number of anilines is 2. The maximum absolute atomic E-state index is 12.5. The molecule has 4 rings (SSSR count). The third-order valence-electron chi connectivity index (χ3n) is 4.30. The fourth-order valence-electron chi connectivity index (χ4n) is 3.06. The normalized spacial score (nSPS) is 12.7. The summed E-state index contributed by atoms with van der Waals surface area (Å²) in [7, 11) is 0. The lowest BCUT2D eigenvalue weighted by Gasteiger charge is -2.16. The second kappa shape index (κ2) is 6.69. The zero-order valence-electron chi connectivity index (χ0n) is 13.7. The van der Waals surface area contributed by atoms with E-state index in [-0.39, 0.29) is 11.8 Å². The largest absolute Gasteiger partial charge is 0.459 e. The van der Waals surface area contributed by atoms with Gasteiger partial charge in [-0.05, 0) is 60.5 Å². The highest BCUT2D eigenvalue weighted by Gasteiger charge is 2.27. The van der Waals surface area contributed by atoms with Gasteiger partial charge in [0.15, 0.2) is 5.76 Å². The monoisotopic (exact) mass is 366 g/mol. The second-order valence-electron chi connectivity index (χ2n) is 5.99. The van der Waals surface area contributed by atoms with Crippen LogP contribution in [0.3, 0.4) is 0 Å². The van der Waals surface area contributed by atoms with E-state index in [4.69, 9.17) is 16.0 Å². The molecule has 0 saturated carbocycles. The van der Waals surface area contributed by atoms with Gasteiger partial charge in [0.25, 0.3) is 11.8 Å². The molecule has 5 nitrogen and oxygen atoms in total. The molecule has 0 bridgehead atoms. The van der Waals surface area contributed by atoms with E-state index in [1.165, 1.54) is 6.26 Å². The number of hydrogen-bond donors (Lipinski definition) is 1. The Hall–Kier alpha value is -3.05. The van der Waals surface area contributed by atoms with Gasteiger partial charge in [-0.15, -0.1) is 0 Å². The molecule has 6 heteroatoms. The smallest absolute Gasteiger partial charge is 0.293 e. The Kier molecular flexibility index (Phi) is 4.22. The van der Waals surface area contributed by atoms with E-state index >= 15 is 0 Å². The summed E-state index contributed by atoms with van der Waals surface area (Å²) >= 11 is 5.93. The molecule has 0 saturated heterocycles. The van der Waals surface area contributed by atoms with Crippen LogP contribution in [-0.4, -0.2) is 18.4 Å². The number of nitrogens with one attached hydrogen (secondary N) is 1. The Morgan fingerprint density at radius 2 is 1.96 bits per heavy atom. The van der Waals surface area contributed by atoms with Crippen molar-refractivity contribution in [3.05, 3.63) is 82.8 Å². The van der Waals surface area contributed by atoms with Crippen molar-refractivity contribution in [3.63, 3.8) is 0 Å². The van der Waals surface area contributed by atoms with Gasteiger partial charge in [0.2, 0.25) is 0 Å². The van der Waals surface area contributed by atoms with E-state index in [9.17, 15) is 9.59 Å². The molecule has 2 aromatic carbocycles. The molecule has 1 aliphatic rings. The summed E-state index contributed by atoms with van der Waals surface area (Å²) in [6, 6.07) is 15.7. The average molecular weight is 367 g/mol. The maximum atomic E-state index is 12.5. The van der Waals surface area contributed by atoms with Crippen molar-refractivity contribution in [2.24, 2.45) is 0 Å². The van der Waals surface area contributed by atoms with Gasteiger partial charge < -0.3 is 14.6 Å². The topological polar surface area (TPSA) is 62.6 Å². The molecular weight excluding hydrogens is 352 g/mol. The molecule has 1 aliphatic heterocycles. The fraction of sp³-hybridized carbons (Fsp3) is 0.100. The van der Waals surface area contributed by atoms with Crippen molar-refractivity contribution < 1.29 is 14.0 Å². The third kappa shape index (κ3) is 3.09. The molecule has 0 aliphatic carbocycles. The van der Waals surface area contributed by atoms with Crippen LogP contribution in [0.5, 0.6) is 0 Å². The lowest BCUT2D eigenvalue weighted by Crippen LogP contribution is -2.28. The first-order valence-electron chi connectivity index (χ1n) is 8.17. The van der Waals surface area contributed by atoms with E-state index < -0.39 is 0 Å². The quantitative estimate of drug-likeness (QED) is 0.747. The third-order valence-corrected chi connectivity index (χ3v) is 4.53. The molecule has 1 aromatic heterocycles. The Balaban J connectivity index is 1.53. The van der Waals surface area contributed by atoms with Gasteiger partial charge in [0.05, 0.1) is 6.26 Å². The van der Waals surface area contributed by atoms with Gasteiger partial charge in [-0.1, -0.05) is 17.7 Å². The van der Waals surface area contributed by atoms with Crippen LogP contribution in [-0.2, 0) is 6.42 Å². The van der Waals surface area contributed by atoms with Crippen molar-refractivity contribution in [2.75, 3.05) is 16.8 Å². The molecule has 2 heterocycles. The highest BCUT2D eigenvalue weighted by molar-refractivity contribution is 6.31. The number of rotatable bonds is 3. The lowest BCUT2D eigenvalue weighted by atomic mass is 10.1. The second-order valence-corrected chi connectivity index (χ2v) is 6.43. The summed E-state index contributed by atoms with van der Waals surface area (Å²) < 4.78 is 5.20. The minimum atomic E-state index is -0.228. The molecule has 1 N–H and O–H groups in total. The van der Waals surface area contributed by atoms with Gasteiger partial charge in [-0.25, -0.2) is 0 Å². The molecule has 130 valence electrons. The number of carbonyl (C=O) groups is 2. The van der Waals surface area contributed by atoms with E-state index in [1.807, 2.05) is 12.1 Å². The predicted molar refractivity (Wildman–Crippen MR) is 99.9 cm³/mol. The highest BCUT2D eigenvalue weighted by atomic mass is 35.5. The number of halogens is 1. The molecular formula is C20H15ClN2O3. The lowest BCUT2D eigenvalue weighted by molar-refractivity contribution is 0.0962. The Labute approximate surface area is 155 Å². The molecule has 0 radical (unpaired) electrons. The summed E-state index contributed by atoms with van der Waals surface area (Å²) in [6.45, 7) is 0.584. The minimum Gasteiger partial charge on any atom is -0.459 e. The number of furan rings is 1. The summed E-state index contributed by atoms with van der Waals surface area (Å²) in [4.78, 5) is 26.5. The van der Waals surface area contributed by atoms with E-state index in [2.05, 4.69) is 5.32 Å². The predicted octanol–water partition coefficient (Wildman–Crippen LogP) is 4.39.